The highest BCUT2D eigenvalue weighted by Gasteiger charge is 1.98. The summed E-state index contributed by atoms with van der Waals surface area (Å²) in [5, 5.41) is 3.16. The number of hydrogen-bond donors (Lipinski definition) is 1. The predicted molar refractivity (Wildman–Crippen MR) is 118 cm³/mol. The van der Waals surface area contributed by atoms with Gasteiger partial charge < -0.3 is 14.8 Å². The lowest BCUT2D eigenvalue weighted by atomic mass is 10.3. The molecule has 4 heteroatoms. The fourth-order valence-electron chi connectivity index (χ4n) is 2.65. The normalized spacial score (nSPS) is 10.6. The number of para-hydroxylation sites is 2. The maximum absolute atomic E-state index is 5.79. The van der Waals surface area contributed by atoms with Crippen LogP contribution in [0.4, 0.5) is 11.4 Å². The van der Waals surface area contributed by atoms with Crippen LogP contribution in [0.5, 0.6) is 23.0 Å². The molecule has 29 heavy (non-hydrogen) atoms. The van der Waals surface area contributed by atoms with Crippen LogP contribution in [-0.4, -0.2) is 6.34 Å². The molecular weight excluding hydrogens is 360 g/mol. The Bertz CT molecular complexity index is 1050. The molecule has 0 aromatic heterocycles. The summed E-state index contributed by atoms with van der Waals surface area (Å²) in [6, 6.07) is 34.7. The van der Waals surface area contributed by atoms with E-state index < -0.39 is 0 Å². The van der Waals surface area contributed by atoms with E-state index in [1.54, 1.807) is 6.34 Å². The summed E-state index contributed by atoms with van der Waals surface area (Å²) in [4.78, 5) is 4.42. The van der Waals surface area contributed by atoms with Gasteiger partial charge in [-0.3, -0.25) is 0 Å². The highest BCUT2D eigenvalue weighted by molar-refractivity contribution is 5.78. The van der Waals surface area contributed by atoms with E-state index in [1.807, 2.05) is 109 Å². The van der Waals surface area contributed by atoms with Crippen LogP contribution in [0.1, 0.15) is 0 Å². The van der Waals surface area contributed by atoms with Crippen molar-refractivity contribution in [3.8, 4) is 23.0 Å². The van der Waals surface area contributed by atoms with E-state index in [-0.39, 0.29) is 0 Å². The molecule has 0 unspecified atom stereocenters. The fraction of sp³-hybridized carbons (Fsp3) is 0. The maximum atomic E-state index is 5.79. The monoisotopic (exact) mass is 380 g/mol. The average Bonchev–Trinajstić information content (AvgIpc) is 2.78. The summed E-state index contributed by atoms with van der Waals surface area (Å²) < 4.78 is 11.6. The number of anilines is 1. The lowest BCUT2D eigenvalue weighted by Crippen LogP contribution is -1.94. The van der Waals surface area contributed by atoms with Gasteiger partial charge in [-0.05, 0) is 72.8 Å². The van der Waals surface area contributed by atoms with Gasteiger partial charge in [-0.1, -0.05) is 36.4 Å². The number of hydrogen-bond acceptors (Lipinski definition) is 3. The SMILES string of the molecule is C(=Nc1ccc(Oc2ccccc2)cc1)Nc1ccc(Oc2ccccc2)cc1. The minimum atomic E-state index is 0.775. The molecule has 0 fully saturated rings. The molecule has 0 spiro atoms. The van der Waals surface area contributed by atoms with E-state index in [9.17, 15) is 0 Å². The number of nitrogens with zero attached hydrogens (tertiary/aromatic N) is 1. The first kappa shape index (κ1) is 18.3. The molecule has 0 saturated carbocycles. The molecule has 4 nitrogen and oxygen atoms in total. The van der Waals surface area contributed by atoms with Crippen molar-refractivity contribution < 1.29 is 9.47 Å². The molecule has 0 saturated heterocycles. The van der Waals surface area contributed by atoms with Gasteiger partial charge in [-0.25, -0.2) is 4.99 Å². The van der Waals surface area contributed by atoms with Gasteiger partial charge in [0.25, 0.3) is 0 Å². The predicted octanol–water partition coefficient (Wildman–Crippen LogP) is 7.04. The number of ether oxygens (including phenoxy) is 2. The van der Waals surface area contributed by atoms with E-state index in [0.29, 0.717) is 0 Å². The van der Waals surface area contributed by atoms with Gasteiger partial charge in [-0.2, -0.15) is 0 Å². The maximum Gasteiger partial charge on any atom is 0.127 e. The first-order valence-corrected chi connectivity index (χ1v) is 9.30. The van der Waals surface area contributed by atoms with Crippen LogP contribution in [0.25, 0.3) is 0 Å². The summed E-state index contributed by atoms with van der Waals surface area (Å²) in [5.41, 5.74) is 1.76. The van der Waals surface area contributed by atoms with Gasteiger partial charge in [0.05, 0.1) is 12.0 Å². The molecule has 0 aliphatic heterocycles. The summed E-state index contributed by atoms with van der Waals surface area (Å²) in [6.45, 7) is 0. The molecule has 4 rings (SSSR count). The molecule has 0 bridgehead atoms. The van der Waals surface area contributed by atoms with Gasteiger partial charge in [0, 0.05) is 5.69 Å². The van der Waals surface area contributed by atoms with Crippen LogP contribution in [-0.2, 0) is 0 Å². The van der Waals surface area contributed by atoms with Gasteiger partial charge in [0.15, 0.2) is 0 Å². The summed E-state index contributed by atoms with van der Waals surface area (Å²) in [7, 11) is 0. The van der Waals surface area contributed by atoms with E-state index in [2.05, 4.69) is 10.3 Å². The average molecular weight is 380 g/mol. The van der Waals surface area contributed by atoms with Crippen molar-refractivity contribution in [1.29, 1.82) is 0 Å². The van der Waals surface area contributed by atoms with Crippen LogP contribution in [0.3, 0.4) is 0 Å². The minimum Gasteiger partial charge on any atom is -0.457 e. The van der Waals surface area contributed by atoms with E-state index in [0.717, 1.165) is 34.4 Å². The molecular formula is C25H20N2O2. The first-order valence-electron chi connectivity index (χ1n) is 9.30. The first-order chi connectivity index (χ1) is 14.3. The number of benzene rings is 4. The molecule has 4 aromatic carbocycles. The second-order valence-electron chi connectivity index (χ2n) is 6.25. The van der Waals surface area contributed by atoms with Crippen LogP contribution >= 0.6 is 0 Å². The molecule has 4 aromatic rings. The second kappa shape index (κ2) is 9.24. The summed E-state index contributed by atoms with van der Waals surface area (Å²) in [5.74, 6) is 3.18. The highest BCUT2D eigenvalue weighted by Crippen LogP contribution is 2.24. The van der Waals surface area contributed by atoms with Crippen molar-refractivity contribution in [2.24, 2.45) is 4.99 Å². The smallest absolute Gasteiger partial charge is 0.127 e. The Morgan fingerprint density at radius 2 is 0.966 bits per heavy atom. The lowest BCUT2D eigenvalue weighted by Gasteiger charge is -2.06. The molecule has 0 radical (unpaired) electrons. The zero-order valence-electron chi connectivity index (χ0n) is 15.7. The van der Waals surface area contributed by atoms with Crippen LogP contribution in [0.2, 0.25) is 0 Å². The van der Waals surface area contributed by atoms with Gasteiger partial charge in [-0.15, -0.1) is 0 Å². The molecule has 1 N–H and O–H groups in total. The Morgan fingerprint density at radius 3 is 1.48 bits per heavy atom. The van der Waals surface area contributed by atoms with Crippen molar-refractivity contribution in [3.63, 3.8) is 0 Å². The van der Waals surface area contributed by atoms with Crippen LogP contribution in [0, 0.1) is 0 Å². The zero-order chi connectivity index (χ0) is 19.7. The molecule has 0 amide bonds. The van der Waals surface area contributed by atoms with Crippen LogP contribution < -0.4 is 14.8 Å². The molecule has 0 aliphatic rings. The molecule has 0 aliphatic carbocycles. The van der Waals surface area contributed by atoms with Crippen LogP contribution in [0.15, 0.2) is 114 Å². The molecule has 0 heterocycles. The standard InChI is InChI=1S/C25H20N2O2/c1-3-7-22(8-4-1)28-24-15-11-20(12-16-24)26-19-27-21-13-17-25(18-14-21)29-23-9-5-2-6-10-23/h1-19H,(H,26,27). The third-order valence-corrected chi connectivity index (χ3v) is 4.09. The van der Waals surface area contributed by atoms with E-state index in [1.165, 1.54) is 0 Å². The number of aliphatic imine (C=N–C) groups is 1. The number of nitrogens with one attached hydrogen (secondary N) is 1. The van der Waals surface area contributed by atoms with Crippen molar-refractivity contribution in [2.45, 2.75) is 0 Å². The Labute approximate surface area is 170 Å². The van der Waals surface area contributed by atoms with E-state index >= 15 is 0 Å². The number of rotatable bonds is 7. The Morgan fingerprint density at radius 1 is 0.517 bits per heavy atom. The largest absolute Gasteiger partial charge is 0.457 e. The zero-order valence-corrected chi connectivity index (χ0v) is 15.7. The van der Waals surface area contributed by atoms with Crippen molar-refractivity contribution in [2.75, 3.05) is 5.32 Å². The summed E-state index contributed by atoms with van der Waals surface area (Å²) in [6.07, 6.45) is 1.67. The van der Waals surface area contributed by atoms with Gasteiger partial charge in [0.1, 0.15) is 23.0 Å². The third-order valence-electron chi connectivity index (χ3n) is 4.09. The molecule has 0 atom stereocenters. The topological polar surface area (TPSA) is 42.8 Å². The van der Waals surface area contributed by atoms with Crippen molar-refractivity contribution in [1.82, 2.24) is 0 Å². The fourth-order valence-corrected chi connectivity index (χ4v) is 2.65. The van der Waals surface area contributed by atoms with Gasteiger partial charge >= 0.3 is 0 Å². The lowest BCUT2D eigenvalue weighted by molar-refractivity contribution is 0.482. The molecule has 142 valence electrons. The van der Waals surface area contributed by atoms with E-state index in [4.69, 9.17) is 9.47 Å². The third kappa shape index (κ3) is 5.47. The Hall–Kier alpha value is -4.05. The highest BCUT2D eigenvalue weighted by atomic mass is 16.5. The van der Waals surface area contributed by atoms with Gasteiger partial charge in [0.2, 0.25) is 0 Å². The summed E-state index contributed by atoms with van der Waals surface area (Å²) >= 11 is 0. The van der Waals surface area contributed by atoms with Crippen molar-refractivity contribution in [3.05, 3.63) is 109 Å². The Balaban J connectivity index is 1.30. The second-order valence-corrected chi connectivity index (χ2v) is 6.25. The quantitative estimate of drug-likeness (QED) is 0.276. The Kier molecular flexibility index (Phi) is 5.84. The van der Waals surface area contributed by atoms with Crippen molar-refractivity contribution >= 4 is 17.7 Å². The minimum absolute atomic E-state index is 0.775.